The standard InChI is InChI=1S/C18H28N6O2/c1-13(2)12-15(17-19-20-21-24(17)14(3)4)22-7-9-23(10-8-22)18(25)16-6-5-11-26-16/h5-6,11,13-15H,7-10,12H2,1-4H3/t15-/m1/s1. The van der Waals surface area contributed by atoms with E-state index in [0.29, 0.717) is 24.8 Å². The van der Waals surface area contributed by atoms with Crippen LogP contribution >= 0.6 is 0 Å². The molecule has 2 aromatic rings. The van der Waals surface area contributed by atoms with Crippen molar-refractivity contribution >= 4 is 5.91 Å². The number of carbonyl (C=O) groups is 1. The zero-order valence-electron chi connectivity index (χ0n) is 16.0. The molecule has 0 N–H and O–H groups in total. The average molecular weight is 360 g/mol. The summed E-state index contributed by atoms with van der Waals surface area (Å²) in [7, 11) is 0. The molecular weight excluding hydrogens is 332 g/mol. The molecule has 1 aliphatic rings. The average Bonchev–Trinajstić information content (AvgIpc) is 3.30. The van der Waals surface area contributed by atoms with Crippen LogP contribution in [0.2, 0.25) is 0 Å². The molecule has 1 aliphatic heterocycles. The highest BCUT2D eigenvalue weighted by molar-refractivity contribution is 5.91. The van der Waals surface area contributed by atoms with Crippen LogP contribution in [0.1, 0.15) is 62.6 Å². The van der Waals surface area contributed by atoms with Gasteiger partial charge in [-0.25, -0.2) is 4.68 Å². The second-order valence-corrected chi connectivity index (χ2v) is 7.53. The van der Waals surface area contributed by atoms with Crippen molar-refractivity contribution in [1.29, 1.82) is 0 Å². The van der Waals surface area contributed by atoms with Crippen molar-refractivity contribution in [3.63, 3.8) is 0 Å². The third-order valence-electron chi connectivity index (χ3n) is 4.77. The van der Waals surface area contributed by atoms with Gasteiger partial charge in [-0.3, -0.25) is 9.69 Å². The van der Waals surface area contributed by atoms with Gasteiger partial charge in [0.2, 0.25) is 0 Å². The van der Waals surface area contributed by atoms with Gasteiger partial charge >= 0.3 is 0 Å². The van der Waals surface area contributed by atoms with Crippen molar-refractivity contribution in [2.75, 3.05) is 26.2 Å². The van der Waals surface area contributed by atoms with Gasteiger partial charge in [-0.1, -0.05) is 13.8 Å². The monoisotopic (exact) mass is 360 g/mol. The molecule has 3 rings (SSSR count). The van der Waals surface area contributed by atoms with Crippen LogP contribution in [-0.2, 0) is 0 Å². The Labute approximate surface area is 154 Å². The van der Waals surface area contributed by atoms with Crippen LogP contribution in [0, 0.1) is 5.92 Å². The molecule has 0 unspecified atom stereocenters. The van der Waals surface area contributed by atoms with Gasteiger partial charge in [-0.05, 0) is 48.7 Å². The number of rotatable bonds is 6. The van der Waals surface area contributed by atoms with Crippen molar-refractivity contribution in [2.45, 2.75) is 46.2 Å². The molecule has 0 spiro atoms. The molecule has 0 radical (unpaired) electrons. The maximum atomic E-state index is 12.5. The second-order valence-electron chi connectivity index (χ2n) is 7.53. The van der Waals surface area contributed by atoms with Crippen LogP contribution in [0.15, 0.2) is 22.8 Å². The Morgan fingerprint density at radius 3 is 2.50 bits per heavy atom. The Balaban J connectivity index is 1.71. The molecule has 142 valence electrons. The van der Waals surface area contributed by atoms with Gasteiger partial charge < -0.3 is 9.32 Å². The van der Waals surface area contributed by atoms with Crippen LogP contribution in [0.25, 0.3) is 0 Å². The van der Waals surface area contributed by atoms with Gasteiger partial charge in [0.25, 0.3) is 5.91 Å². The Bertz CT molecular complexity index is 701. The third-order valence-corrected chi connectivity index (χ3v) is 4.77. The molecule has 1 atom stereocenters. The third kappa shape index (κ3) is 3.95. The molecule has 26 heavy (non-hydrogen) atoms. The fourth-order valence-corrected chi connectivity index (χ4v) is 3.44. The molecule has 2 aromatic heterocycles. The Morgan fingerprint density at radius 2 is 1.92 bits per heavy atom. The summed E-state index contributed by atoms with van der Waals surface area (Å²) in [6.45, 7) is 11.6. The zero-order valence-corrected chi connectivity index (χ0v) is 16.0. The highest BCUT2D eigenvalue weighted by Crippen LogP contribution is 2.28. The van der Waals surface area contributed by atoms with E-state index in [1.807, 2.05) is 9.58 Å². The molecule has 8 heteroatoms. The van der Waals surface area contributed by atoms with Gasteiger partial charge in [0.05, 0.1) is 18.3 Å². The molecule has 1 saturated heterocycles. The summed E-state index contributed by atoms with van der Waals surface area (Å²) < 4.78 is 7.15. The van der Waals surface area contributed by atoms with Crippen LogP contribution in [-0.4, -0.2) is 62.1 Å². The highest BCUT2D eigenvalue weighted by Gasteiger charge is 2.32. The van der Waals surface area contributed by atoms with Crippen LogP contribution in [0.5, 0.6) is 0 Å². The van der Waals surface area contributed by atoms with Crippen LogP contribution < -0.4 is 0 Å². The molecule has 1 fully saturated rings. The topological polar surface area (TPSA) is 80.3 Å². The van der Waals surface area contributed by atoms with E-state index in [0.717, 1.165) is 25.3 Å². The first-order chi connectivity index (χ1) is 12.5. The number of piperazine rings is 1. The minimum absolute atomic E-state index is 0.0397. The van der Waals surface area contributed by atoms with Crippen molar-refractivity contribution in [2.24, 2.45) is 5.92 Å². The van der Waals surface area contributed by atoms with E-state index in [-0.39, 0.29) is 18.0 Å². The van der Waals surface area contributed by atoms with E-state index >= 15 is 0 Å². The van der Waals surface area contributed by atoms with E-state index in [2.05, 4.69) is 48.1 Å². The van der Waals surface area contributed by atoms with E-state index in [1.165, 1.54) is 6.26 Å². The smallest absolute Gasteiger partial charge is 0.289 e. The van der Waals surface area contributed by atoms with E-state index < -0.39 is 0 Å². The summed E-state index contributed by atoms with van der Waals surface area (Å²) in [4.78, 5) is 16.7. The van der Waals surface area contributed by atoms with Gasteiger partial charge in [-0.2, -0.15) is 0 Å². The number of hydrogen-bond acceptors (Lipinski definition) is 6. The highest BCUT2D eigenvalue weighted by atomic mass is 16.3. The second kappa shape index (κ2) is 7.99. The molecule has 8 nitrogen and oxygen atoms in total. The van der Waals surface area contributed by atoms with Crippen LogP contribution in [0.3, 0.4) is 0 Å². The quantitative estimate of drug-likeness (QED) is 0.787. The Morgan fingerprint density at radius 1 is 1.19 bits per heavy atom. The summed E-state index contributed by atoms with van der Waals surface area (Å²) in [5.74, 6) is 1.81. The largest absolute Gasteiger partial charge is 0.459 e. The van der Waals surface area contributed by atoms with Crippen LogP contribution in [0.4, 0.5) is 0 Å². The van der Waals surface area contributed by atoms with Gasteiger partial charge in [-0.15, -0.1) is 5.10 Å². The Kier molecular flexibility index (Phi) is 5.70. The van der Waals surface area contributed by atoms with Crippen molar-refractivity contribution in [1.82, 2.24) is 30.0 Å². The lowest BCUT2D eigenvalue weighted by Gasteiger charge is -2.39. The molecule has 3 heterocycles. The maximum Gasteiger partial charge on any atom is 0.289 e. The number of nitrogens with zero attached hydrogens (tertiary/aromatic N) is 6. The summed E-state index contributed by atoms with van der Waals surface area (Å²) >= 11 is 0. The summed E-state index contributed by atoms with van der Waals surface area (Å²) in [6.07, 6.45) is 2.52. The minimum atomic E-state index is -0.0397. The number of tetrazole rings is 1. The zero-order chi connectivity index (χ0) is 18.7. The number of carbonyl (C=O) groups excluding carboxylic acids is 1. The lowest BCUT2D eigenvalue weighted by Crippen LogP contribution is -2.50. The number of amides is 1. The molecule has 0 saturated carbocycles. The summed E-state index contributed by atoms with van der Waals surface area (Å²) in [5, 5.41) is 12.4. The number of aromatic nitrogens is 4. The lowest BCUT2D eigenvalue weighted by molar-refractivity contribution is 0.0498. The molecule has 0 aromatic carbocycles. The fraction of sp³-hybridized carbons (Fsp3) is 0.667. The first-order valence-electron chi connectivity index (χ1n) is 9.32. The van der Waals surface area contributed by atoms with Crippen molar-refractivity contribution < 1.29 is 9.21 Å². The number of hydrogen-bond donors (Lipinski definition) is 0. The number of furan rings is 1. The van der Waals surface area contributed by atoms with Crippen molar-refractivity contribution in [3.05, 3.63) is 30.0 Å². The first-order valence-corrected chi connectivity index (χ1v) is 9.32. The SMILES string of the molecule is CC(C)C[C@H](c1nnnn1C(C)C)N1CCN(C(=O)c2ccco2)CC1. The van der Waals surface area contributed by atoms with E-state index in [9.17, 15) is 4.79 Å². The molecular formula is C18H28N6O2. The van der Waals surface area contributed by atoms with E-state index in [4.69, 9.17) is 4.42 Å². The first kappa shape index (κ1) is 18.6. The predicted octanol–water partition coefficient (Wildman–Crippen LogP) is 2.39. The molecule has 0 aliphatic carbocycles. The summed E-state index contributed by atoms with van der Waals surface area (Å²) in [5.41, 5.74) is 0. The normalized spacial score (nSPS) is 17.2. The lowest BCUT2D eigenvalue weighted by atomic mass is 10.0. The predicted molar refractivity (Wildman–Crippen MR) is 96.6 cm³/mol. The van der Waals surface area contributed by atoms with Gasteiger partial charge in [0.15, 0.2) is 11.6 Å². The van der Waals surface area contributed by atoms with Gasteiger partial charge in [0, 0.05) is 26.2 Å². The Hall–Kier alpha value is -2.22. The summed E-state index contributed by atoms with van der Waals surface area (Å²) in [6, 6.07) is 3.84. The molecule has 0 bridgehead atoms. The van der Waals surface area contributed by atoms with E-state index in [1.54, 1.807) is 12.1 Å². The molecule has 1 amide bonds. The minimum Gasteiger partial charge on any atom is -0.459 e. The van der Waals surface area contributed by atoms with Crippen molar-refractivity contribution in [3.8, 4) is 0 Å². The maximum absolute atomic E-state index is 12.5. The fourth-order valence-electron chi connectivity index (χ4n) is 3.44. The van der Waals surface area contributed by atoms with Gasteiger partial charge in [0.1, 0.15) is 0 Å².